The lowest BCUT2D eigenvalue weighted by molar-refractivity contribution is -0.140. The van der Waals surface area contributed by atoms with Gasteiger partial charge in [-0.15, -0.1) is 23.1 Å². The van der Waals surface area contributed by atoms with Crippen LogP contribution in [-0.4, -0.2) is 44.7 Å². The molecule has 1 saturated heterocycles. The number of nitrogens with one attached hydrogen (secondary N) is 1. The van der Waals surface area contributed by atoms with Crippen LogP contribution >= 0.6 is 23.1 Å². The zero-order valence-corrected chi connectivity index (χ0v) is 12.1. The molecular weight excluding hydrogens is 286 g/mol. The van der Waals surface area contributed by atoms with E-state index < -0.39 is 12.0 Å². The van der Waals surface area contributed by atoms with Crippen LogP contribution in [0.1, 0.15) is 16.8 Å². The molecular formula is C11H15N3O3S2. The summed E-state index contributed by atoms with van der Waals surface area (Å²) in [5, 5.41) is 12.6. The Morgan fingerprint density at radius 1 is 1.63 bits per heavy atom. The van der Waals surface area contributed by atoms with Crippen LogP contribution in [0, 0.1) is 0 Å². The third-order valence-electron chi connectivity index (χ3n) is 2.77. The van der Waals surface area contributed by atoms with Crippen LogP contribution < -0.4 is 5.32 Å². The van der Waals surface area contributed by atoms with Gasteiger partial charge in [0.15, 0.2) is 0 Å². The molecule has 8 heteroatoms. The van der Waals surface area contributed by atoms with Crippen molar-refractivity contribution in [3.8, 4) is 0 Å². The minimum Gasteiger partial charge on any atom is -0.480 e. The fourth-order valence-electron chi connectivity index (χ4n) is 1.69. The SMILES string of the molecule is CCc1cnc(CNC(=O)N2CSC[C@H]2C(=O)O)s1. The third kappa shape index (κ3) is 3.38. The van der Waals surface area contributed by atoms with E-state index in [-0.39, 0.29) is 6.03 Å². The number of thioether (sulfide) groups is 1. The van der Waals surface area contributed by atoms with Crippen molar-refractivity contribution >= 4 is 35.1 Å². The fourth-order valence-corrected chi connectivity index (χ4v) is 3.64. The van der Waals surface area contributed by atoms with Gasteiger partial charge in [0, 0.05) is 16.8 Å². The lowest BCUT2D eigenvalue weighted by Gasteiger charge is -2.20. The van der Waals surface area contributed by atoms with Crippen molar-refractivity contribution in [2.75, 3.05) is 11.6 Å². The zero-order chi connectivity index (χ0) is 13.8. The Bertz CT molecular complexity index is 478. The number of carboxylic acids is 1. The number of carbonyl (C=O) groups excluding carboxylic acids is 1. The molecule has 19 heavy (non-hydrogen) atoms. The predicted molar refractivity (Wildman–Crippen MR) is 74.3 cm³/mol. The maximum Gasteiger partial charge on any atom is 0.327 e. The van der Waals surface area contributed by atoms with E-state index >= 15 is 0 Å². The summed E-state index contributed by atoms with van der Waals surface area (Å²) in [6.45, 7) is 2.39. The summed E-state index contributed by atoms with van der Waals surface area (Å²) in [5.74, 6) is -0.0939. The first-order valence-corrected chi connectivity index (χ1v) is 7.87. The highest BCUT2D eigenvalue weighted by Crippen LogP contribution is 2.21. The zero-order valence-electron chi connectivity index (χ0n) is 10.5. The average molecular weight is 301 g/mol. The van der Waals surface area contributed by atoms with Gasteiger partial charge in [0.2, 0.25) is 0 Å². The summed E-state index contributed by atoms with van der Waals surface area (Å²) in [6, 6.07) is -1.07. The topological polar surface area (TPSA) is 82.5 Å². The molecule has 2 rings (SSSR count). The van der Waals surface area contributed by atoms with Gasteiger partial charge < -0.3 is 15.3 Å². The van der Waals surface area contributed by atoms with E-state index in [1.54, 1.807) is 17.5 Å². The molecule has 0 spiro atoms. The summed E-state index contributed by atoms with van der Waals surface area (Å²) >= 11 is 3.01. The molecule has 104 valence electrons. The second kappa shape index (κ2) is 6.25. The first-order chi connectivity index (χ1) is 9.11. The molecule has 0 unspecified atom stereocenters. The molecule has 2 heterocycles. The van der Waals surface area contributed by atoms with Crippen LogP contribution in [0.25, 0.3) is 0 Å². The average Bonchev–Trinajstić information content (AvgIpc) is 3.04. The van der Waals surface area contributed by atoms with E-state index in [9.17, 15) is 9.59 Å². The van der Waals surface area contributed by atoms with Crippen LogP contribution in [0.4, 0.5) is 4.79 Å². The normalized spacial score (nSPS) is 18.6. The number of aryl methyl sites for hydroxylation is 1. The highest BCUT2D eigenvalue weighted by molar-refractivity contribution is 7.99. The van der Waals surface area contributed by atoms with E-state index in [0.29, 0.717) is 18.2 Å². The van der Waals surface area contributed by atoms with Gasteiger partial charge in [0.1, 0.15) is 11.0 Å². The van der Waals surface area contributed by atoms with E-state index in [0.717, 1.165) is 11.4 Å². The maximum absolute atomic E-state index is 11.9. The summed E-state index contributed by atoms with van der Waals surface area (Å²) in [6.07, 6.45) is 2.73. The summed E-state index contributed by atoms with van der Waals surface area (Å²) < 4.78 is 0. The maximum atomic E-state index is 11.9. The van der Waals surface area contributed by atoms with Crippen molar-refractivity contribution in [3.63, 3.8) is 0 Å². The Kier molecular flexibility index (Phi) is 4.65. The number of aromatic nitrogens is 1. The minimum atomic E-state index is -0.956. The number of carbonyl (C=O) groups is 2. The molecule has 1 aromatic rings. The third-order valence-corrected chi connectivity index (χ3v) is 4.92. The van der Waals surface area contributed by atoms with Gasteiger partial charge in [0.05, 0.1) is 12.4 Å². The molecule has 1 atom stereocenters. The Morgan fingerprint density at radius 2 is 2.42 bits per heavy atom. The molecule has 0 bridgehead atoms. The number of nitrogens with zero attached hydrogens (tertiary/aromatic N) is 2. The molecule has 1 aliphatic heterocycles. The van der Waals surface area contributed by atoms with Crippen LogP contribution in [0.3, 0.4) is 0 Å². The van der Waals surface area contributed by atoms with Crippen molar-refractivity contribution in [1.29, 1.82) is 0 Å². The quantitative estimate of drug-likeness (QED) is 0.878. The largest absolute Gasteiger partial charge is 0.480 e. The molecule has 6 nitrogen and oxygen atoms in total. The Morgan fingerprint density at radius 3 is 3.05 bits per heavy atom. The van der Waals surface area contributed by atoms with Crippen LogP contribution in [0.5, 0.6) is 0 Å². The Balaban J connectivity index is 1.88. The summed E-state index contributed by atoms with van der Waals surface area (Å²) in [4.78, 5) is 29.6. The predicted octanol–water partition coefficient (Wildman–Crippen LogP) is 1.37. The van der Waals surface area contributed by atoms with Crippen molar-refractivity contribution in [1.82, 2.24) is 15.2 Å². The standard InChI is InChI=1S/C11H15N3O3S2/c1-2-7-3-12-9(19-7)4-13-11(17)14-6-18-5-8(14)10(15)16/h3,8H,2,4-6H2,1H3,(H,13,17)(H,15,16)/t8-/m0/s1. The molecule has 0 radical (unpaired) electrons. The summed E-state index contributed by atoms with van der Waals surface area (Å²) in [7, 11) is 0. The van der Waals surface area contributed by atoms with Crippen LogP contribution in [-0.2, 0) is 17.8 Å². The highest BCUT2D eigenvalue weighted by Gasteiger charge is 2.34. The number of amides is 2. The molecule has 1 aliphatic rings. The van der Waals surface area contributed by atoms with Gasteiger partial charge in [-0.1, -0.05) is 6.92 Å². The Hall–Kier alpha value is -1.28. The van der Waals surface area contributed by atoms with E-state index in [4.69, 9.17) is 5.11 Å². The fraction of sp³-hybridized carbons (Fsp3) is 0.545. The number of hydrogen-bond donors (Lipinski definition) is 2. The number of rotatable bonds is 4. The van der Waals surface area contributed by atoms with Crippen molar-refractivity contribution in [3.05, 3.63) is 16.1 Å². The molecule has 1 aromatic heterocycles. The molecule has 2 N–H and O–H groups in total. The molecule has 0 saturated carbocycles. The first kappa shape index (κ1) is 14.1. The number of carboxylic acid groups (broad SMARTS) is 1. The minimum absolute atomic E-state index is 0.342. The lowest BCUT2D eigenvalue weighted by Crippen LogP contribution is -2.46. The number of hydrogen-bond acceptors (Lipinski definition) is 5. The van der Waals surface area contributed by atoms with Gasteiger partial charge in [0.25, 0.3) is 0 Å². The number of urea groups is 1. The molecule has 2 amide bonds. The first-order valence-electron chi connectivity index (χ1n) is 5.90. The molecule has 0 aliphatic carbocycles. The van der Waals surface area contributed by atoms with E-state index in [1.165, 1.54) is 21.5 Å². The lowest BCUT2D eigenvalue weighted by atomic mass is 10.3. The number of aliphatic carboxylic acids is 1. The summed E-state index contributed by atoms with van der Waals surface area (Å²) in [5.41, 5.74) is 0. The van der Waals surface area contributed by atoms with Crippen LogP contribution in [0.15, 0.2) is 6.20 Å². The molecule has 1 fully saturated rings. The van der Waals surface area contributed by atoms with Gasteiger partial charge in [-0.25, -0.2) is 14.6 Å². The molecule has 0 aromatic carbocycles. The van der Waals surface area contributed by atoms with E-state index in [1.807, 2.05) is 0 Å². The Labute approximate surface area is 119 Å². The van der Waals surface area contributed by atoms with Gasteiger partial charge in [-0.2, -0.15) is 0 Å². The smallest absolute Gasteiger partial charge is 0.327 e. The van der Waals surface area contributed by atoms with Crippen molar-refractivity contribution < 1.29 is 14.7 Å². The van der Waals surface area contributed by atoms with Crippen molar-refractivity contribution in [2.45, 2.75) is 25.9 Å². The second-order valence-electron chi connectivity index (χ2n) is 4.06. The number of thiazole rings is 1. The van der Waals surface area contributed by atoms with Crippen molar-refractivity contribution in [2.24, 2.45) is 0 Å². The van der Waals surface area contributed by atoms with Gasteiger partial charge in [-0.05, 0) is 6.42 Å². The van der Waals surface area contributed by atoms with Crippen LogP contribution in [0.2, 0.25) is 0 Å². The van der Waals surface area contributed by atoms with E-state index in [2.05, 4.69) is 17.2 Å². The monoisotopic (exact) mass is 301 g/mol. The highest BCUT2D eigenvalue weighted by atomic mass is 32.2. The van der Waals surface area contributed by atoms with Gasteiger partial charge >= 0.3 is 12.0 Å². The van der Waals surface area contributed by atoms with Gasteiger partial charge in [-0.3, -0.25) is 0 Å². The second-order valence-corrected chi connectivity index (χ2v) is 6.26.